The number of methoxy groups -OCH3 is 1. The molecule has 2 aliphatic heterocycles. The molecule has 0 unspecified atom stereocenters. The van der Waals surface area contributed by atoms with E-state index in [0.717, 1.165) is 0 Å². The first kappa shape index (κ1) is 17.5. The molecular formula is C15H24N2O6. The highest BCUT2D eigenvalue weighted by Gasteiger charge is 2.43. The van der Waals surface area contributed by atoms with Gasteiger partial charge in [-0.3, -0.25) is 4.79 Å². The normalized spacial score (nSPS) is 23.1. The summed E-state index contributed by atoms with van der Waals surface area (Å²) < 4.78 is 15.2. The zero-order valence-electron chi connectivity index (χ0n) is 14.0. The van der Waals surface area contributed by atoms with E-state index >= 15 is 0 Å². The number of rotatable bonds is 2. The summed E-state index contributed by atoms with van der Waals surface area (Å²) in [6, 6.07) is -0.146. The summed E-state index contributed by atoms with van der Waals surface area (Å²) >= 11 is 0. The van der Waals surface area contributed by atoms with Gasteiger partial charge in [-0.15, -0.1) is 0 Å². The third-order valence-corrected chi connectivity index (χ3v) is 3.82. The molecule has 2 fully saturated rings. The zero-order chi connectivity index (χ0) is 17.2. The predicted octanol–water partition coefficient (Wildman–Crippen LogP) is 0.744. The van der Waals surface area contributed by atoms with Gasteiger partial charge in [0.1, 0.15) is 12.2 Å². The molecule has 0 N–H and O–H groups in total. The van der Waals surface area contributed by atoms with Crippen LogP contribution in [-0.4, -0.2) is 72.4 Å². The minimum absolute atomic E-state index is 0.119. The van der Waals surface area contributed by atoms with Gasteiger partial charge >= 0.3 is 12.1 Å². The highest BCUT2D eigenvalue weighted by Crippen LogP contribution is 2.25. The molecule has 0 saturated carbocycles. The Kier molecular flexibility index (Phi) is 5.13. The Morgan fingerprint density at radius 1 is 1.22 bits per heavy atom. The zero-order valence-corrected chi connectivity index (χ0v) is 14.0. The Balaban J connectivity index is 1.94. The standard InChI is InChI=1S/C15H24N2O6/c1-15(2,3)23-14(20)16-7-5-10(6-8-16)17-11(18)9-22-12(17)13(19)21-4/h10,12H,5-9H2,1-4H3/t12-/m1/s1. The number of carbonyl (C=O) groups excluding carboxylic acids is 3. The molecule has 0 bridgehead atoms. The highest BCUT2D eigenvalue weighted by atomic mass is 16.6. The summed E-state index contributed by atoms with van der Waals surface area (Å²) in [5.41, 5.74) is -0.539. The minimum Gasteiger partial charge on any atom is -0.466 e. The van der Waals surface area contributed by atoms with Gasteiger partial charge in [0, 0.05) is 19.1 Å². The van der Waals surface area contributed by atoms with Crippen molar-refractivity contribution in [2.45, 2.75) is 51.5 Å². The number of hydrogen-bond donors (Lipinski definition) is 0. The smallest absolute Gasteiger partial charge is 0.410 e. The van der Waals surface area contributed by atoms with Gasteiger partial charge in [-0.25, -0.2) is 9.59 Å². The maximum absolute atomic E-state index is 12.0. The molecule has 0 radical (unpaired) electrons. The van der Waals surface area contributed by atoms with E-state index in [1.54, 1.807) is 4.90 Å². The number of amides is 2. The summed E-state index contributed by atoms with van der Waals surface area (Å²) in [6.45, 7) is 6.27. The van der Waals surface area contributed by atoms with Crippen molar-refractivity contribution >= 4 is 18.0 Å². The van der Waals surface area contributed by atoms with Crippen LogP contribution in [0.1, 0.15) is 33.6 Å². The average Bonchev–Trinajstić information content (AvgIpc) is 2.86. The fourth-order valence-electron chi connectivity index (χ4n) is 2.77. The van der Waals surface area contributed by atoms with E-state index in [-0.39, 0.29) is 24.6 Å². The van der Waals surface area contributed by atoms with E-state index in [1.807, 2.05) is 20.8 Å². The van der Waals surface area contributed by atoms with Gasteiger partial charge in [0.25, 0.3) is 5.91 Å². The lowest BCUT2D eigenvalue weighted by atomic mass is 10.0. The van der Waals surface area contributed by atoms with Crippen LogP contribution < -0.4 is 0 Å². The van der Waals surface area contributed by atoms with E-state index in [2.05, 4.69) is 4.74 Å². The Hall–Kier alpha value is -1.83. The SMILES string of the molecule is COC(=O)[C@H]1OCC(=O)N1C1CCN(C(=O)OC(C)(C)C)CC1. The van der Waals surface area contributed by atoms with Crippen molar-refractivity contribution in [2.24, 2.45) is 0 Å². The molecule has 2 amide bonds. The van der Waals surface area contributed by atoms with Crippen LogP contribution in [0.15, 0.2) is 0 Å². The average molecular weight is 328 g/mol. The van der Waals surface area contributed by atoms with E-state index in [0.29, 0.717) is 25.9 Å². The van der Waals surface area contributed by atoms with Gasteiger partial charge in [0.05, 0.1) is 7.11 Å². The number of carbonyl (C=O) groups is 3. The van der Waals surface area contributed by atoms with Crippen LogP contribution in [0.5, 0.6) is 0 Å². The summed E-state index contributed by atoms with van der Waals surface area (Å²) in [4.78, 5) is 38.8. The van der Waals surface area contributed by atoms with Crippen LogP contribution in [0.4, 0.5) is 4.79 Å². The Morgan fingerprint density at radius 2 is 1.83 bits per heavy atom. The first-order valence-corrected chi connectivity index (χ1v) is 7.71. The molecule has 2 saturated heterocycles. The summed E-state index contributed by atoms with van der Waals surface area (Å²) in [6.07, 6.45) is -0.195. The molecule has 130 valence electrons. The third kappa shape index (κ3) is 4.13. The number of hydrogen-bond acceptors (Lipinski definition) is 6. The molecule has 0 aliphatic carbocycles. The van der Waals surface area contributed by atoms with Gasteiger partial charge in [0.2, 0.25) is 6.23 Å². The molecule has 8 nitrogen and oxygen atoms in total. The van der Waals surface area contributed by atoms with Crippen LogP contribution >= 0.6 is 0 Å². The van der Waals surface area contributed by atoms with E-state index < -0.39 is 17.8 Å². The number of piperidine rings is 1. The maximum Gasteiger partial charge on any atom is 0.410 e. The van der Waals surface area contributed by atoms with Crippen LogP contribution in [-0.2, 0) is 23.8 Å². The number of ether oxygens (including phenoxy) is 3. The largest absolute Gasteiger partial charge is 0.466 e. The van der Waals surface area contributed by atoms with Crippen molar-refractivity contribution in [3.63, 3.8) is 0 Å². The van der Waals surface area contributed by atoms with Crippen molar-refractivity contribution in [1.82, 2.24) is 9.80 Å². The molecule has 0 spiro atoms. The third-order valence-electron chi connectivity index (χ3n) is 3.82. The molecule has 1 atom stereocenters. The number of likely N-dealkylation sites (tertiary alicyclic amines) is 1. The summed E-state index contributed by atoms with van der Waals surface area (Å²) in [5.74, 6) is -0.804. The van der Waals surface area contributed by atoms with Crippen LogP contribution in [0, 0.1) is 0 Å². The number of esters is 1. The van der Waals surface area contributed by atoms with Crippen molar-refractivity contribution in [1.29, 1.82) is 0 Å². The lowest BCUT2D eigenvalue weighted by Crippen LogP contribution is -2.52. The quantitative estimate of drug-likeness (QED) is 0.695. The van der Waals surface area contributed by atoms with E-state index in [1.165, 1.54) is 12.0 Å². The van der Waals surface area contributed by atoms with Crippen molar-refractivity contribution in [2.75, 3.05) is 26.8 Å². The molecular weight excluding hydrogens is 304 g/mol. The number of nitrogens with zero attached hydrogens (tertiary/aromatic N) is 2. The minimum atomic E-state index is -0.981. The lowest BCUT2D eigenvalue weighted by Gasteiger charge is -2.38. The fraction of sp³-hybridized carbons (Fsp3) is 0.800. The molecule has 2 rings (SSSR count). The van der Waals surface area contributed by atoms with Crippen LogP contribution in [0.25, 0.3) is 0 Å². The van der Waals surface area contributed by atoms with Gasteiger partial charge < -0.3 is 24.0 Å². The molecule has 0 aromatic carbocycles. The van der Waals surface area contributed by atoms with Gasteiger partial charge in [-0.05, 0) is 33.6 Å². The van der Waals surface area contributed by atoms with E-state index in [4.69, 9.17) is 9.47 Å². The molecule has 0 aromatic heterocycles. The molecule has 0 aromatic rings. The monoisotopic (exact) mass is 328 g/mol. The Bertz CT molecular complexity index is 479. The second-order valence-electron chi connectivity index (χ2n) is 6.69. The predicted molar refractivity (Wildman–Crippen MR) is 79.4 cm³/mol. The lowest BCUT2D eigenvalue weighted by molar-refractivity contribution is -0.162. The van der Waals surface area contributed by atoms with Gasteiger partial charge in [-0.2, -0.15) is 0 Å². The molecule has 23 heavy (non-hydrogen) atoms. The first-order chi connectivity index (χ1) is 10.7. The second-order valence-corrected chi connectivity index (χ2v) is 6.69. The maximum atomic E-state index is 12.0. The van der Waals surface area contributed by atoms with Crippen molar-refractivity contribution in [3.05, 3.63) is 0 Å². The van der Waals surface area contributed by atoms with Crippen LogP contribution in [0.2, 0.25) is 0 Å². The molecule has 8 heteroatoms. The molecule has 2 heterocycles. The van der Waals surface area contributed by atoms with Crippen LogP contribution in [0.3, 0.4) is 0 Å². The Labute approximate surface area is 135 Å². The van der Waals surface area contributed by atoms with Crippen molar-refractivity contribution < 1.29 is 28.6 Å². The first-order valence-electron chi connectivity index (χ1n) is 7.71. The molecule has 2 aliphatic rings. The van der Waals surface area contributed by atoms with E-state index in [9.17, 15) is 14.4 Å². The highest BCUT2D eigenvalue weighted by molar-refractivity contribution is 5.87. The Morgan fingerprint density at radius 3 is 2.35 bits per heavy atom. The van der Waals surface area contributed by atoms with Gasteiger partial charge in [-0.1, -0.05) is 0 Å². The second kappa shape index (κ2) is 6.74. The topological polar surface area (TPSA) is 85.4 Å². The fourth-order valence-corrected chi connectivity index (χ4v) is 2.77. The van der Waals surface area contributed by atoms with Gasteiger partial charge in [0.15, 0.2) is 0 Å². The summed E-state index contributed by atoms with van der Waals surface area (Å²) in [7, 11) is 1.26. The van der Waals surface area contributed by atoms with Crippen molar-refractivity contribution in [3.8, 4) is 0 Å². The summed E-state index contributed by atoms with van der Waals surface area (Å²) in [5, 5.41) is 0.